The molecule has 0 amide bonds. The third kappa shape index (κ3) is 3.87. The lowest BCUT2D eigenvalue weighted by molar-refractivity contribution is 0.200. The second-order valence-electron chi connectivity index (χ2n) is 4.81. The van der Waals surface area contributed by atoms with Crippen LogP contribution in [0.4, 0.5) is 0 Å². The number of likely N-dealkylation sites (N-methyl/N-ethyl adjacent to an activating group) is 1. The summed E-state index contributed by atoms with van der Waals surface area (Å²) in [5, 5.41) is 15.1. The van der Waals surface area contributed by atoms with Crippen molar-refractivity contribution in [2.45, 2.75) is 12.6 Å². The van der Waals surface area contributed by atoms with E-state index in [9.17, 15) is 5.11 Å². The summed E-state index contributed by atoms with van der Waals surface area (Å²) in [6.07, 6.45) is 0.852. The zero-order chi connectivity index (χ0) is 15.6. The van der Waals surface area contributed by atoms with Gasteiger partial charge in [-0.05, 0) is 52.0 Å². The molecule has 0 bridgehead atoms. The molecule has 1 atom stereocenters. The second-order valence-corrected chi connectivity index (χ2v) is 8.56. The molecule has 0 spiro atoms. The first kappa shape index (κ1) is 17.0. The van der Waals surface area contributed by atoms with E-state index in [0.717, 1.165) is 19.7 Å². The van der Waals surface area contributed by atoms with Crippen LogP contribution >= 0.6 is 43.2 Å². The minimum Gasteiger partial charge on any atom is -0.493 e. The fourth-order valence-corrected chi connectivity index (χ4v) is 4.85. The van der Waals surface area contributed by atoms with E-state index in [1.807, 2.05) is 20.2 Å². The van der Waals surface area contributed by atoms with Gasteiger partial charge in [-0.25, -0.2) is 0 Å². The third-order valence-corrected chi connectivity index (χ3v) is 5.45. The summed E-state index contributed by atoms with van der Waals surface area (Å²) in [5.41, 5.74) is 1.47. The Bertz CT molecular complexity index is 613. The van der Waals surface area contributed by atoms with E-state index in [2.05, 4.69) is 41.9 Å². The highest BCUT2D eigenvalue weighted by atomic mass is 79.9. The van der Waals surface area contributed by atoms with Gasteiger partial charge < -0.3 is 14.7 Å². The van der Waals surface area contributed by atoms with Gasteiger partial charge in [-0.1, -0.05) is 0 Å². The second kappa shape index (κ2) is 7.23. The van der Waals surface area contributed by atoms with Gasteiger partial charge in [0, 0.05) is 12.1 Å². The lowest BCUT2D eigenvalue weighted by Crippen LogP contribution is -2.21. The zero-order valence-corrected chi connectivity index (χ0v) is 16.0. The van der Waals surface area contributed by atoms with Gasteiger partial charge in [-0.15, -0.1) is 11.3 Å². The minimum absolute atomic E-state index is 0.593. The number of nitrogens with zero attached hydrogens (tertiary/aromatic N) is 3. The number of aromatic nitrogens is 2. The first-order valence-corrected chi connectivity index (χ1v) is 8.71. The van der Waals surface area contributed by atoms with Gasteiger partial charge in [0.2, 0.25) is 0 Å². The molecular formula is C13H17Br2N3O2S. The molecule has 0 aliphatic carbocycles. The molecule has 0 saturated heterocycles. The summed E-state index contributed by atoms with van der Waals surface area (Å²) in [6, 6.07) is 1.90. The molecule has 0 fully saturated rings. The molecule has 0 aliphatic heterocycles. The number of rotatable bonds is 6. The maximum Gasteiger partial charge on any atom is 0.163 e. The highest BCUT2D eigenvalue weighted by molar-refractivity contribution is 9.12. The molecule has 21 heavy (non-hydrogen) atoms. The molecule has 0 aromatic carbocycles. The highest BCUT2D eigenvalue weighted by Crippen LogP contribution is 2.39. The van der Waals surface area contributed by atoms with Gasteiger partial charge in [0.05, 0.1) is 27.4 Å². The van der Waals surface area contributed by atoms with Gasteiger partial charge in [0.15, 0.2) is 5.75 Å². The molecule has 1 N–H and O–H groups in total. The number of halogens is 2. The van der Waals surface area contributed by atoms with Crippen LogP contribution in [0.5, 0.6) is 5.75 Å². The summed E-state index contributed by atoms with van der Waals surface area (Å²) in [7, 11) is 5.59. The van der Waals surface area contributed by atoms with Crippen molar-refractivity contribution >= 4 is 43.2 Å². The largest absolute Gasteiger partial charge is 0.493 e. The number of ether oxygens (including phenoxy) is 1. The van der Waals surface area contributed by atoms with E-state index in [1.54, 1.807) is 18.0 Å². The monoisotopic (exact) mass is 437 g/mol. The predicted octanol–water partition coefficient (Wildman–Crippen LogP) is 3.12. The Morgan fingerprint density at radius 3 is 2.71 bits per heavy atom. The topological polar surface area (TPSA) is 50.5 Å². The smallest absolute Gasteiger partial charge is 0.163 e. The van der Waals surface area contributed by atoms with E-state index < -0.39 is 6.10 Å². The van der Waals surface area contributed by atoms with Crippen molar-refractivity contribution in [3.8, 4) is 5.75 Å². The Hall–Kier alpha value is -0.410. The van der Waals surface area contributed by atoms with Crippen molar-refractivity contribution in [3.05, 3.63) is 31.1 Å². The molecule has 0 saturated carbocycles. The highest BCUT2D eigenvalue weighted by Gasteiger charge is 2.24. The van der Waals surface area contributed by atoms with Gasteiger partial charge >= 0.3 is 0 Å². The number of aliphatic hydroxyl groups excluding tert-OH is 1. The van der Waals surface area contributed by atoms with Gasteiger partial charge in [-0.2, -0.15) is 5.10 Å². The molecule has 2 aromatic heterocycles. The average Bonchev–Trinajstić information content (AvgIpc) is 2.98. The number of hydrogen-bond acceptors (Lipinski definition) is 5. The van der Waals surface area contributed by atoms with Crippen molar-refractivity contribution in [1.29, 1.82) is 0 Å². The number of hydrogen-bond donors (Lipinski definition) is 1. The van der Waals surface area contributed by atoms with Gasteiger partial charge in [0.25, 0.3) is 0 Å². The predicted molar refractivity (Wildman–Crippen MR) is 91.1 cm³/mol. The molecule has 0 radical (unpaired) electrons. The van der Waals surface area contributed by atoms with Crippen molar-refractivity contribution in [3.63, 3.8) is 0 Å². The van der Waals surface area contributed by atoms with E-state index >= 15 is 0 Å². The average molecular weight is 439 g/mol. The van der Waals surface area contributed by atoms with Crippen molar-refractivity contribution in [2.75, 3.05) is 27.7 Å². The van der Waals surface area contributed by atoms with Crippen LogP contribution in [0.25, 0.3) is 0 Å². The minimum atomic E-state index is -0.790. The Kier molecular flexibility index (Phi) is 5.84. The van der Waals surface area contributed by atoms with Crippen LogP contribution < -0.4 is 4.74 Å². The fourth-order valence-electron chi connectivity index (χ4n) is 1.97. The Labute approximate surface area is 144 Å². The van der Waals surface area contributed by atoms with Gasteiger partial charge in [-0.3, -0.25) is 4.68 Å². The Morgan fingerprint density at radius 2 is 2.19 bits per heavy atom. The summed E-state index contributed by atoms with van der Waals surface area (Å²) in [5.74, 6) is 0.593. The maximum atomic E-state index is 10.7. The van der Waals surface area contributed by atoms with Crippen molar-refractivity contribution < 1.29 is 9.84 Å². The fraction of sp³-hybridized carbons (Fsp3) is 0.462. The van der Waals surface area contributed by atoms with Crippen molar-refractivity contribution in [2.24, 2.45) is 0 Å². The summed E-state index contributed by atoms with van der Waals surface area (Å²) in [6.45, 7) is 1.52. The SMILES string of the molecule is COc1cnn(CCN(C)C)c1C(O)c1cc(Br)sc1Br. The maximum absolute atomic E-state index is 10.7. The van der Waals surface area contributed by atoms with E-state index in [4.69, 9.17) is 4.74 Å². The first-order chi connectivity index (χ1) is 9.93. The zero-order valence-electron chi connectivity index (χ0n) is 12.0. The normalized spacial score (nSPS) is 12.9. The van der Waals surface area contributed by atoms with Crippen LogP contribution in [-0.4, -0.2) is 47.5 Å². The molecule has 5 nitrogen and oxygen atoms in total. The van der Waals surface area contributed by atoms with Gasteiger partial charge in [0.1, 0.15) is 11.8 Å². The Balaban J connectivity index is 2.36. The first-order valence-electron chi connectivity index (χ1n) is 6.31. The quantitative estimate of drug-likeness (QED) is 0.752. The Morgan fingerprint density at radius 1 is 1.48 bits per heavy atom. The molecule has 2 heterocycles. The molecule has 8 heteroatoms. The van der Waals surface area contributed by atoms with Crippen LogP contribution in [0.15, 0.2) is 19.8 Å². The third-order valence-electron chi connectivity index (χ3n) is 3.06. The summed E-state index contributed by atoms with van der Waals surface area (Å²) >= 11 is 8.45. The van der Waals surface area contributed by atoms with Crippen molar-refractivity contribution in [1.82, 2.24) is 14.7 Å². The standard InChI is InChI=1S/C13H17Br2N3O2S/c1-17(2)4-5-18-11(9(20-3)7-16-18)12(19)8-6-10(14)21-13(8)15/h6-7,12,19H,4-5H2,1-3H3. The molecule has 116 valence electrons. The van der Waals surface area contributed by atoms with E-state index in [0.29, 0.717) is 18.0 Å². The van der Waals surface area contributed by atoms with Crippen LogP contribution in [0.1, 0.15) is 17.4 Å². The summed E-state index contributed by atoms with van der Waals surface area (Å²) < 4.78 is 8.99. The van der Waals surface area contributed by atoms with Crippen LogP contribution in [0, 0.1) is 0 Å². The molecule has 1 unspecified atom stereocenters. The van der Waals surface area contributed by atoms with Crippen LogP contribution in [0.3, 0.4) is 0 Å². The van der Waals surface area contributed by atoms with E-state index in [1.165, 1.54) is 11.3 Å². The van der Waals surface area contributed by atoms with E-state index in [-0.39, 0.29) is 0 Å². The lowest BCUT2D eigenvalue weighted by Gasteiger charge is -2.16. The summed E-state index contributed by atoms with van der Waals surface area (Å²) in [4.78, 5) is 2.07. The molecule has 2 rings (SSSR count). The number of aliphatic hydroxyl groups is 1. The van der Waals surface area contributed by atoms with Crippen LogP contribution in [0.2, 0.25) is 0 Å². The molecular weight excluding hydrogens is 422 g/mol. The number of methoxy groups -OCH3 is 1. The lowest BCUT2D eigenvalue weighted by atomic mass is 10.1. The number of thiophene rings is 1. The molecule has 0 aliphatic rings. The van der Waals surface area contributed by atoms with Crippen LogP contribution in [-0.2, 0) is 6.54 Å². The molecule has 2 aromatic rings.